The van der Waals surface area contributed by atoms with Crippen LogP contribution in [0, 0.1) is 5.92 Å². The maximum absolute atomic E-state index is 12.7. The van der Waals surface area contributed by atoms with E-state index in [-0.39, 0.29) is 30.6 Å². The minimum Gasteiger partial charge on any atom is -0.454 e. The number of hydrogen-bond donors (Lipinski definition) is 2. The fourth-order valence-corrected chi connectivity index (χ4v) is 4.55. The van der Waals surface area contributed by atoms with Gasteiger partial charge in [-0.2, -0.15) is 0 Å². The second-order valence-electron chi connectivity index (χ2n) is 7.66. The van der Waals surface area contributed by atoms with E-state index >= 15 is 0 Å². The molecule has 0 saturated carbocycles. The van der Waals surface area contributed by atoms with Crippen molar-refractivity contribution in [1.29, 1.82) is 0 Å². The number of carbonyl (C=O) groups is 2. The molecule has 0 spiro atoms. The van der Waals surface area contributed by atoms with Crippen molar-refractivity contribution in [2.75, 3.05) is 31.7 Å². The van der Waals surface area contributed by atoms with Crippen LogP contribution in [0.25, 0.3) is 0 Å². The number of hydrogen-bond acceptors (Lipinski definition) is 6. The lowest BCUT2D eigenvalue weighted by Gasteiger charge is -2.34. The van der Waals surface area contributed by atoms with Crippen LogP contribution in [0.5, 0.6) is 11.5 Å². The van der Waals surface area contributed by atoms with Crippen LogP contribution in [0.2, 0.25) is 0 Å². The Morgan fingerprint density at radius 2 is 2.00 bits per heavy atom. The van der Waals surface area contributed by atoms with Gasteiger partial charge in [-0.25, -0.2) is 0 Å². The summed E-state index contributed by atoms with van der Waals surface area (Å²) in [5, 5.41) is 8.06. The molecule has 0 unspecified atom stereocenters. The maximum Gasteiger partial charge on any atom is 0.237 e. The lowest BCUT2D eigenvalue weighted by molar-refractivity contribution is -0.127. The monoisotopic (exact) mass is 429 g/mol. The number of amides is 2. The fraction of sp³-hybridized carbons (Fsp3) is 0.455. The van der Waals surface area contributed by atoms with Crippen LogP contribution in [0.15, 0.2) is 35.7 Å². The first kappa shape index (κ1) is 20.7. The number of fused-ring (bicyclic) bond motifs is 1. The fourth-order valence-electron chi connectivity index (χ4n) is 3.84. The summed E-state index contributed by atoms with van der Waals surface area (Å²) in [5.41, 5.74) is 0.713. The smallest absolute Gasteiger partial charge is 0.237 e. The van der Waals surface area contributed by atoms with E-state index in [1.807, 2.05) is 24.4 Å². The molecule has 2 N–H and O–H groups in total. The van der Waals surface area contributed by atoms with Gasteiger partial charge in [-0.05, 0) is 62.9 Å². The van der Waals surface area contributed by atoms with E-state index in [4.69, 9.17) is 9.47 Å². The molecular formula is C22H27N3O4S. The van der Waals surface area contributed by atoms with E-state index in [1.54, 1.807) is 23.5 Å². The van der Waals surface area contributed by atoms with Crippen molar-refractivity contribution in [2.45, 2.75) is 32.2 Å². The van der Waals surface area contributed by atoms with Gasteiger partial charge in [-0.1, -0.05) is 6.07 Å². The van der Waals surface area contributed by atoms with Crippen molar-refractivity contribution < 1.29 is 19.1 Å². The Balaban J connectivity index is 1.21. The van der Waals surface area contributed by atoms with Gasteiger partial charge in [0.25, 0.3) is 0 Å². The quantitative estimate of drug-likeness (QED) is 0.708. The maximum atomic E-state index is 12.7. The summed E-state index contributed by atoms with van der Waals surface area (Å²) in [7, 11) is 0. The van der Waals surface area contributed by atoms with Gasteiger partial charge < -0.3 is 20.1 Å². The Morgan fingerprint density at radius 1 is 1.20 bits per heavy atom. The molecule has 3 heterocycles. The van der Waals surface area contributed by atoms with E-state index in [9.17, 15) is 9.59 Å². The number of thiophene rings is 1. The summed E-state index contributed by atoms with van der Waals surface area (Å²) in [5.74, 6) is 1.36. The molecule has 8 heteroatoms. The molecule has 1 saturated heterocycles. The van der Waals surface area contributed by atoms with E-state index < -0.39 is 0 Å². The van der Waals surface area contributed by atoms with Gasteiger partial charge in [0.1, 0.15) is 0 Å². The number of benzene rings is 1. The zero-order chi connectivity index (χ0) is 20.9. The van der Waals surface area contributed by atoms with Gasteiger partial charge in [0.2, 0.25) is 18.6 Å². The molecule has 0 bridgehead atoms. The Kier molecular flexibility index (Phi) is 6.54. The highest BCUT2D eigenvalue weighted by Crippen LogP contribution is 2.34. The highest BCUT2D eigenvalue weighted by Gasteiger charge is 2.30. The Labute approximate surface area is 180 Å². The molecule has 160 valence electrons. The Hall–Kier alpha value is -2.58. The van der Waals surface area contributed by atoms with Gasteiger partial charge in [0, 0.05) is 29.1 Å². The number of piperidine rings is 1. The van der Waals surface area contributed by atoms with Crippen molar-refractivity contribution in [2.24, 2.45) is 5.92 Å². The molecule has 2 aliphatic rings. The number of ether oxygens (including phenoxy) is 2. The molecular weight excluding hydrogens is 402 g/mol. The summed E-state index contributed by atoms with van der Waals surface area (Å²) < 4.78 is 10.7. The summed E-state index contributed by atoms with van der Waals surface area (Å²) >= 11 is 1.71. The van der Waals surface area contributed by atoms with Crippen molar-refractivity contribution >= 4 is 28.8 Å². The molecule has 0 radical (unpaired) electrons. The van der Waals surface area contributed by atoms with Crippen LogP contribution >= 0.6 is 11.3 Å². The minimum atomic E-state index is -0.189. The number of nitrogens with one attached hydrogen (secondary N) is 2. The highest BCUT2D eigenvalue weighted by atomic mass is 32.1. The van der Waals surface area contributed by atoms with Crippen molar-refractivity contribution in [3.8, 4) is 11.5 Å². The van der Waals surface area contributed by atoms with Crippen molar-refractivity contribution in [1.82, 2.24) is 10.2 Å². The largest absolute Gasteiger partial charge is 0.454 e. The first-order valence-electron chi connectivity index (χ1n) is 10.3. The third kappa shape index (κ3) is 4.94. The lowest BCUT2D eigenvalue weighted by atomic mass is 9.94. The number of likely N-dealkylation sites (tertiary alicyclic amines) is 1. The normalized spacial score (nSPS) is 17.5. The molecule has 2 amide bonds. The molecule has 7 nitrogen and oxygen atoms in total. The predicted molar refractivity (Wildman–Crippen MR) is 116 cm³/mol. The van der Waals surface area contributed by atoms with E-state index in [2.05, 4.69) is 21.6 Å². The highest BCUT2D eigenvalue weighted by molar-refractivity contribution is 7.09. The third-order valence-corrected chi connectivity index (χ3v) is 6.65. The molecule has 4 rings (SSSR count). The van der Waals surface area contributed by atoms with E-state index in [0.717, 1.165) is 32.4 Å². The van der Waals surface area contributed by atoms with Crippen molar-refractivity contribution in [3.63, 3.8) is 0 Å². The Morgan fingerprint density at radius 3 is 2.77 bits per heavy atom. The van der Waals surface area contributed by atoms with Gasteiger partial charge in [-0.15, -0.1) is 11.3 Å². The molecule has 1 fully saturated rings. The van der Waals surface area contributed by atoms with E-state index in [0.29, 0.717) is 23.7 Å². The van der Waals surface area contributed by atoms with Gasteiger partial charge >= 0.3 is 0 Å². The topological polar surface area (TPSA) is 79.9 Å². The molecule has 30 heavy (non-hydrogen) atoms. The van der Waals surface area contributed by atoms with Gasteiger partial charge in [-0.3, -0.25) is 14.5 Å². The van der Waals surface area contributed by atoms with Crippen LogP contribution in [0.3, 0.4) is 0 Å². The number of nitrogens with zero attached hydrogens (tertiary/aromatic N) is 1. The summed E-state index contributed by atoms with van der Waals surface area (Å²) in [6.45, 7) is 4.27. The summed E-state index contributed by atoms with van der Waals surface area (Å²) in [4.78, 5) is 28.6. The zero-order valence-electron chi connectivity index (χ0n) is 17.1. The SMILES string of the molecule is C[C@H](C(=O)NCCc1cccs1)N1CCC(C(=O)Nc2ccc3c(c2)OCO3)CC1. The summed E-state index contributed by atoms with van der Waals surface area (Å²) in [6, 6.07) is 9.34. The molecule has 0 aliphatic carbocycles. The zero-order valence-corrected chi connectivity index (χ0v) is 17.9. The molecule has 2 aromatic rings. The molecule has 2 aliphatic heterocycles. The van der Waals surface area contributed by atoms with Crippen LogP contribution < -0.4 is 20.1 Å². The van der Waals surface area contributed by atoms with Gasteiger partial charge in [0.05, 0.1) is 6.04 Å². The number of anilines is 1. The molecule has 1 aromatic carbocycles. The molecule has 1 aromatic heterocycles. The number of rotatable bonds is 7. The second-order valence-corrected chi connectivity index (χ2v) is 8.70. The van der Waals surface area contributed by atoms with Crippen LogP contribution in [0.1, 0.15) is 24.6 Å². The van der Waals surface area contributed by atoms with Crippen LogP contribution in [-0.4, -0.2) is 49.2 Å². The standard InChI is InChI=1S/C22H27N3O4S/c1-15(21(26)23-9-6-18-3-2-12-30-18)25-10-7-16(8-11-25)22(27)24-17-4-5-19-20(13-17)29-14-28-19/h2-5,12-13,15-16H,6-11,14H2,1H3,(H,23,26)(H,24,27)/t15-/m1/s1. The predicted octanol–water partition coefficient (Wildman–Crippen LogP) is 2.87. The summed E-state index contributed by atoms with van der Waals surface area (Å²) in [6.07, 6.45) is 2.34. The average Bonchev–Trinajstić information content (AvgIpc) is 3.44. The average molecular weight is 430 g/mol. The molecule has 1 atom stereocenters. The third-order valence-electron chi connectivity index (χ3n) is 5.72. The second kappa shape index (κ2) is 9.49. The Bertz CT molecular complexity index is 879. The lowest BCUT2D eigenvalue weighted by Crippen LogP contribution is -2.49. The van der Waals surface area contributed by atoms with Gasteiger partial charge in [0.15, 0.2) is 11.5 Å². The minimum absolute atomic E-state index is 0.0153. The first-order chi connectivity index (χ1) is 14.6. The van der Waals surface area contributed by atoms with Crippen LogP contribution in [0.4, 0.5) is 5.69 Å². The van der Waals surface area contributed by atoms with Crippen molar-refractivity contribution in [3.05, 3.63) is 40.6 Å². The first-order valence-corrected chi connectivity index (χ1v) is 11.2. The van der Waals surface area contributed by atoms with Crippen LogP contribution in [-0.2, 0) is 16.0 Å². The van der Waals surface area contributed by atoms with E-state index in [1.165, 1.54) is 4.88 Å². The number of carbonyl (C=O) groups excluding carboxylic acids is 2.